The molecule has 1 aromatic carbocycles. The largest absolute Gasteiger partial charge is 0.497 e. The normalized spacial score (nSPS) is 33.1. The summed E-state index contributed by atoms with van der Waals surface area (Å²) in [4.78, 5) is 14.4. The van der Waals surface area contributed by atoms with Crippen molar-refractivity contribution in [1.82, 2.24) is 5.32 Å². The predicted octanol–water partition coefficient (Wildman–Crippen LogP) is 1.56. The van der Waals surface area contributed by atoms with Gasteiger partial charge in [0.2, 0.25) is 0 Å². The van der Waals surface area contributed by atoms with Crippen molar-refractivity contribution in [2.75, 3.05) is 7.11 Å². The van der Waals surface area contributed by atoms with Crippen molar-refractivity contribution in [3.8, 4) is 5.75 Å². The second kappa shape index (κ2) is 6.16. The minimum Gasteiger partial charge on any atom is -0.497 e. The number of carbonyl (C=O) groups excluding carboxylic acids is 1. The fourth-order valence-electron chi connectivity index (χ4n) is 4.80. The molecular weight excluding hydrogens is 288 g/mol. The molecule has 23 heavy (non-hydrogen) atoms. The minimum absolute atomic E-state index is 0.0434. The Morgan fingerprint density at radius 3 is 2.52 bits per heavy atom. The second-order valence-corrected chi connectivity index (χ2v) is 7.47. The molecule has 2 atom stereocenters. The molecule has 4 rings (SSSR count). The number of fused-ring (bicyclic) bond motifs is 2. The van der Waals surface area contributed by atoms with Gasteiger partial charge in [-0.3, -0.25) is 4.79 Å². The highest BCUT2D eigenvalue weighted by Gasteiger charge is 2.48. The maximum atomic E-state index is 12.6. The first-order chi connectivity index (χ1) is 11.2. The van der Waals surface area contributed by atoms with Crippen LogP contribution >= 0.6 is 0 Å². The Morgan fingerprint density at radius 2 is 1.87 bits per heavy atom. The zero-order valence-corrected chi connectivity index (χ0v) is 13.9. The summed E-state index contributed by atoms with van der Waals surface area (Å²) in [7, 11) is 1.63. The average Bonchev–Trinajstić information content (AvgIpc) is 3.39. The summed E-state index contributed by atoms with van der Waals surface area (Å²) in [6, 6.07) is 10.2. The van der Waals surface area contributed by atoms with Gasteiger partial charge in [-0.2, -0.15) is 0 Å². The van der Waals surface area contributed by atoms with Crippen molar-refractivity contribution in [2.45, 2.75) is 69.1 Å². The SMILES string of the molecule is COc1cccc(C(=O)NC2C[C@H]3CCC[C@H](C2)[NH+]3C2CC2)c1. The molecule has 2 aliphatic heterocycles. The smallest absolute Gasteiger partial charge is 0.251 e. The van der Waals surface area contributed by atoms with Crippen LogP contribution in [0.3, 0.4) is 0 Å². The Bertz CT molecular complexity index is 570. The maximum absolute atomic E-state index is 12.6. The van der Waals surface area contributed by atoms with Crippen molar-refractivity contribution in [2.24, 2.45) is 0 Å². The standard InChI is InChI=1S/C19H26N2O2/c1-23-18-7-2-4-13(10-18)19(22)20-14-11-16-5-3-6-17(12-14)21(16)15-8-9-15/h2,4,7,10,14-17H,3,5-6,8-9,11-12H2,1H3,(H,20,22)/p+1/t16-,17-/m1/s1. The Balaban J connectivity index is 1.42. The highest BCUT2D eigenvalue weighted by atomic mass is 16.5. The molecule has 3 aliphatic rings. The number of rotatable bonds is 4. The van der Waals surface area contributed by atoms with Crippen LogP contribution in [0.15, 0.2) is 24.3 Å². The number of hydrogen-bond donors (Lipinski definition) is 2. The van der Waals surface area contributed by atoms with E-state index in [1.54, 1.807) is 7.11 Å². The molecule has 0 radical (unpaired) electrons. The highest BCUT2D eigenvalue weighted by molar-refractivity contribution is 5.94. The summed E-state index contributed by atoms with van der Waals surface area (Å²) in [5, 5.41) is 3.29. The molecule has 2 N–H and O–H groups in total. The van der Waals surface area contributed by atoms with Gasteiger partial charge in [0.05, 0.1) is 25.2 Å². The molecule has 0 aromatic heterocycles. The summed E-state index contributed by atoms with van der Waals surface area (Å²) in [5.41, 5.74) is 0.700. The fraction of sp³-hybridized carbons (Fsp3) is 0.632. The molecule has 1 amide bonds. The first kappa shape index (κ1) is 15.0. The van der Waals surface area contributed by atoms with Gasteiger partial charge >= 0.3 is 0 Å². The van der Waals surface area contributed by atoms with E-state index in [1.165, 1.54) is 32.1 Å². The first-order valence-electron chi connectivity index (χ1n) is 9.06. The topological polar surface area (TPSA) is 42.8 Å². The summed E-state index contributed by atoms with van der Waals surface area (Å²) < 4.78 is 5.22. The van der Waals surface area contributed by atoms with E-state index < -0.39 is 0 Å². The molecule has 4 heteroatoms. The molecule has 1 aromatic rings. The van der Waals surface area contributed by atoms with E-state index in [0.717, 1.165) is 36.7 Å². The summed E-state index contributed by atoms with van der Waals surface area (Å²) >= 11 is 0. The van der Waals surface area contributed by atoms with Crippen molar-refractivity contribution >= 4 is 5.91 Å². The number of benzene rings is 1. The monoisotopic (exact) mass is 315 g/mol. The van der Waals surface area contributed by atoms with Gasteiger partial charge in [-0.05, 0) is 37.5 Å². The maximum Gasteiger partial charge on any atom is 0.251 e. The van der Waals surface area contributed by atoms with Gasteiger partial charge in [-0.1, -0.05) is 6.07 Å². The van der Waals surface area contributed by atoms with Gasteiger partial charge in [0, 0.05) is 37.3 Å². The quantitative estimate of drug-likeness (QED) is 0.885. The van der Waals surface area contributed by atoms with E-state index in [-0.39, 0.29) is 5.91 Å². The van der Waals surface area contributed by atoms with E-state index in [2.05, 4.69) is 5.32 Å². The lowest BCUT2D eigenvalue weighted by Crippen LogP contribution is -3.22. The summed E-state index contributed by atoms with van der Waals surface area (Å²) in [6.45, 7) is 0. The number of piperidine rings is 2. The van der Waals surface area contributed by atoms with Crippen LogP contribution in [0, 0.1) is 0 Å². The lowest BCUT2D eigenvalue weighted by atomic mass is 9.81. The molecule has 2 heterocycles. The van der Waals surface area contributed by atoms with Crippen LogP contribution in [0.4, 0.5) is 0 Å². The van der Waals surface area contributed by atoms with Crippen molar-refractivity contribution < 1.29 is 14.4 Å². The van der Waals surface area contributed by atoms with Crippen LogP contribution in [0.1, 0.15) is 55.3 Å². The van der Waals surface area contributed by atoms with Crippen LogP contribution in [0.25, 0.3) is 0 Å². The van der Waals surface area contributed by atoms with Crippen LogP contribution in [0.5, 0.6) is 5.75 Å². The minimum atomic E-state index is 0.0434. The van der Waals surface area contributed by atoms with Gasteiger partial charge < -0.3 is 15.0 Å². The van der Waals surface area contributed by atoms with Crippen LogP contribution in [-0.2, 0) is 0 Å². The molecule has 2 saturated heterocycles. The molecule has 4 nitrogen and oxygen atoms in total. The molecule has 1 aliphatic carbocycles. The molecule has 0 spiro atoms. The van der Waals surface area contributed by atoms with Crippen molar-refractivity contribution in [3.63, 3.8) is 0 Å². The third kappa shape index (κ3) is 3.09. The number of amides is 1. The highest BCUT2D eigenvalue weighted by Crippen LogP contribution is 2.27. The van der Waals surface area contributed by atoms with E-state index >= 15 is 0 Å². The molecular formula is C19H27N2O2+. The van der Waals surface area contributed by atoms with Crippen LogP contribution in [0.2, 0.25) is 0 Å². The number of ether oxygens (including phenoxy) is 1. The van der Waals surface area contributed by atoms with Gasteiger partial charge in [0.25, 0.3) is 5.91 Å². The van der Waals surface area contributed by atoms with Crippen LogP contribution in [-0.4, -0.2) is 37.2 Å². The zero-order chi connectivity index (χ0) is 15.8. The summed E-state index contributed by atoms with van der Waals surface area (Å²) in [6.07, 6.45) is 9.20. The lowest BCUT2D eigenvalue weighted by molar-refractivity contribution is -0.971. The van der Waals surface area contributed by atoms with E-state index in [4.69, 9.17) is 4.74 Å². The van der Waals surface area contributed by atoms with E-state index in [0.29, 0.717) is 11.6 Å². The Hall–Kier alpha value is -1.55. The third-order valence-corrected chi connectivity index (χ3v) is 5.90. The number of nitrogens with one attached hydrogen (secondary N) is 2. The molecule has 124 valence electrons. The first-order valence-corrected chi connectivity index (χ1v) is 9.06. The Kier molecular flexibility index (Phi) is 4.02. The number of methoxy groups -OCH3 is 1. The fourth-order valence-corrected chi connectivity index (χ4v) is 4.80. The number of carbonyl (C=O) groups is 1. The van der Waals surface area contributed by atoms with Crippen molar-refractivity contribution in [3.05, 3.63) is 29.8 Å². The second-order valence-electron chi connectivity index (χ2n) is 7.47. The van der Waals surface area contributed by atoms with Gasteiger partial charge in [0.15, 0.2) is 0 Å². The predicted molar refractivity (Wildman–Crippen MR) is 88.9 cm³/mol. The number of quaternary nitrogens is 1. The van der Waals surface area contributed by atoms with E-state index in [9.17, 15) is 4.79 Å². The lowest BCUT2D eigenvalue weighted by Gasteiger charge is -2.46. The number of hydrogen-bond acceptors (Lipinski definition) is 2. The molecule has 0 unspecified atom stereocenters. The van der Waals surface area contributed by atoms with Crippen molar-refractivity contribution in [1.29, 1.82) is 0 Å². The van der Waals surface area contributed by atoms with Gasteiger partial charge in [0.1, 0.15) is 5.75 Å². The zero-order valence-electron chi connectivity index (χ0n) is 13.9. The third-order valence-electron chi connectivity index (χ3n) is 5.90. The van der Waals surface area contributed by atoms with Gasteiger partial charge in [-0.25, -0.2) is 0 Å². The summed E-state index contributed by atoms with van der Waals surface area (Å²) in [5.74, 6) is 0.782. The van der Waals surface area contributed by atoms with E-state index in [1.807, 2.05) is 29.2 Å². The molecule has 3 fully saturated rings. The Morgan fingerprint density at radius 1 is 1.13 bits per heavy atom. The molecule has 2 bridgehead atoms. The van der Waals surface area contributed by atoms with Gasteiger partial charge in [-0.15, -0.1) is 0 Å². The average molecular weight is 315 g/mol. The molecule has 1 saturated carbocycles. The Labute approximate surface area is 138 Å². The van der Waals surface area contributed by atoms with Crippen LogP contribution < -0.4 is 15.0 Å².